The van der Waals surface area contributed by atoms with Crippen LogP contribution in [0.15, 0.2) is 0 Å². The molecule has 0 aromatic rings. The van der Waals surface area contributed by atoms with Crippen molar-refractivity contribution in [1.29, 1.82) is 5.26 Å². The van der Waals surface area contributed by atoms with Gasteiger partial charge in [-0.05, 0) is 18.5 Å². The second-order valence-electron chi connectivity index (χ2n) is 3.01. The van der Waals surface area contributed by atoms with E-state index in [0.29, 0.717) is 5.01 Å². The van der Waals surface area contributed by atoms with Crippen molar-refractivity contribution in [3.8, 4) is 6.07 Å². The lowest BCUT2D eigenvalue weighted by atomic mass is 10.1. The molecule has 0 aliphatic heterocycles. The number of nitrogens with zero attached hydrogens (tertiary/aromatic N) is 2. The van der Waals surface area contributed by atoms with E-state index in [1.807, 2.05) is 11.5 Å². The lowest BCUT2D eigenvalue weighted by Crippen LogP contribution is -2.58. The van der Waals surface area contributed by atoms with Gasteiger partial charge in [0.05, 0.1) is 19.8 Å². The zero-order valence-electron chi connectivity index (χ0n) is 9.11. The van der Waals surface area contributed by atoms with Crippen LogP contribution in [0.3, 0.4) is 0 Å². The van der Waals surface area contributed by atoms with Crippen LogP contribution in [0.4, 0.5) is 9.59 Å². The van der Waals surface area contributed by atoms with E-state index in [1.165, 1.54) is 14.0 Å². The van der Waals surface area contributed by atoms with Crippen LogP contribution in [-0.4, -0.2) is 42.8 Å². The summed E-state index contributed by atoms with van der Waals surface area (Å²) in [5, 5.41) is 8.57. The Labute approximate surface area is 97.8 Å². The molecule has 0 spiro atoms. The number of nitrogens with one attached hydrogen (secondary N) is 1. The van der Waals surface area contributed by atoms with Gasteiger partial charge in [-0.3, -0.25) is 4.79 Å². The first-order valence-corrected chi connectivity index (χ1v) is 4.53. The third kappa shape index (κ3) is 3.56. The molecule has 1 unspecified atom stereocenters. The van der Waals surface area contributed by atoms with Crippen LogP contribution < -0.4 is 5.43 Å². The summed E-state index contributed by atoms with van der Waals surface area (Å²) >= 11 is 5.25. The minimum absolute atomic E-state index is 0.119. The quantitative estimate of drug-likeness (QED) is 0.455. The summed E-state index contributed by atoms with van der Waals surface area (Å²) in [5.74, 6) is 0. The normalized spacial score (nSPS) is 13.2. The van der Waals surface area contributed by atoms with Crippen LogP contribution >= 0.6 is 11.6 Å². The molecule has 0 aliphatic carbocycles. The average Bonchev–Trinajstić information content (AvgIpc) is 2.25. The standard InChI is InChI=1S/C8H12ClN3O4/c1-8(4-10,5-15-2)12(6(9)13)11-7(14)16-3/h5H2,1-3H3,(H,11,14). The highest BCUT2D eigenvalue weighted by molar-refractivity contribution is 6.62. The molecular weight excluding hydrogens is 238 g/mol. The summed E-state index contributed by atoms with van der Waals surface area (Å²) in [7, 11) is 2.47. The Morgan fingerprint density at radius 2 is 2.12 bits per heavy atom. The second kappa shape index (κ2) is 6.15. The highest BCUT2D eigenvalue weighted by Crippen LogP contribution is 2.14. The van der Waals surface area contributed by atoms with Gasteiger partial charge >= 0.3 is 11.5 Å². The van der Waals surface area contributed by atoms with Gasteiger partial charge in [0, 0.05) is 7.11 Å². The lowest BCUT2D eigenvalue weighted by Gasteiger charge is -2.32. The molecule has 0 fully saturated rings. The topological polar surface area (TPSA) is 91.7 Å². The lowest BCUT2D eigenvalue weighted by molar-refractivity contribution is 0.0527. The number of hydrogen-bond acceptors (Lipinski definition) is 5. The first kappa shape index (κ1) is 14.5. The molecule has 0 bridgehead atoms. The molecular formula is C8H12ClN3O4. The van der Waals surface area contributed by atoms with E-state index in [0.717, 1.165) is 7.11 Å². The second-order valence-corrected chi connectivity index (χ2v) is 3.33. The van der Waals surface area contributed by atoms with Gasteiger partial charge in [-0.25, -0.2) is 15.2 Å². The Bertz CT molecular complexity index is 317. The van der Waals surface area contributed by atoms with Crippen molar-refractivity contribution in [2.45, 2.75) is 12.5 Å². The minimum atomic E-state index is -1.41. The number of halogens is 1. The molecule has 1 atom stereocenters. The van der Waals surface area contributed by atoms with E-state index in [-0.39, 0.29) is 6.61 Å². The van der Waals surface area contributed by atoms with E-state index < -0.39 is 17.0 Å². The molecule has 0 heterocycles. The van der Waals surface area contributed by atoms with Gasteiger partial charge in [-0.2, -0.15) is 5.26 Å². The molecule has 0 rings (SSSR count). The zero-order chi connectivity index (χ0) is 12.8. The fraction of sp³-hybridized carbons (Fsp3) is 0.625. The Hall–Kier alpha value is -1.52. The summed E-state index contributed by atoms with van der Waals surface area (Å²) < 4.78 is 9.07. The van der Waals surface area contributed by atoms with Crippen molar-refractivity contribution >= 4 is 23.1 Å². The monoisotopic (exact) mass is 249 g/mol. The van der Waals surface area contributed by atoms with Crippen molar-refractivity contribution in [2.75, 3.05) is 20.8 Å². The maximum absolute atomic E-state index is 11.1. The summed E-state index contributed by atoms with van der Waals surface area (Å²) in [6.45, 7) is 1.26. The molecule has 0 aliphatic rings. The van der Waals surface area contributed by atoms with E-state index in [9.17, 15) is 9.59 Å². The maximum Gasteiger partial charge on any atom is 0.426 e. The predicted molar refractivity (Wildman–Crippen MR) is 54.5 cm³/mol. The third-order valence-electron chi connectivity index (χ3n) is 1.72. The summed E-state index contributed by atoms with van der Waals surface area (Å²) in [6.07, 6.45) is -0.911. The number of hydrazine groups is 1. The number of hydrogen-bond donors (Lipinski definition) is 1. The number of nitriles is 1. The van der Waals surface area contributed by atoms with Gasteiger partial charge in [0.15, 0.2) is 5.54 Å². The van der Waals surface area contributed by atoms with Crippen molar-refractivity contribution in [2.24, 2.45) is 0 Å². The molecule has 90 valence electrons. The third-order valence-corrected chi connectivity index (χ3v) is 1.89. The van der Waals surface area contributed by atoms with Crippen LogP contribution in [0.2, 0.25) is 0 Å². The van der Waals surface area contributed by atoms with Crippen LogP contribution in [0.1, 0.15) is 6.92 Å². The number of carbonyl (C=O) groups is 2. The van der Waals surface area contributed by atoms with Crippen LogP contribution in [0, 0.1) is 11.3 Å². The summed E-state index contributed by atoms with van der Waals surface area (Å²) in [6, 6.07) is 1.82. The summed E-state index contributed by atoms with van der Waals surface area (Å²) in [5.41, 5.74) is 0.616. The number of methoxy groups -OCH3 is 2. The van der Waals surface area contributed by atoms with Crippen molar-refractivity contribution in [3.05, 3.63) is 0 Å². The average molecular weight is 250 g/mol. The van der Waals surface area contributed by atoms with Gasteiger partial charge in [-0.1, -0.05) is 0 Å². The van der Waals surface area contributed by atoms with Crippen molar-refractivity contribution in [1.82, 2.24) is 10.4 Å². The zero-order valence-corrected chi connectivity index (χ0v) is 9.87. The molecule has 0 aromatic heterocycles. The SMILES string of the molecule is COCC(C)(C#N)N(NC(=O)OC)C(=O)Cl. The van der Waals surface area contributed by atoms with E-state index in [4.69, 9.17) is 21.6 Å². The van der Waals surface area contributed by atoms with Gasteiger partial charge in [0.1, 0.15) is 0 Å². The number of carbonyl (C=O) groups excluding carboxylic acids is 2. The number of amides is 2. The summed E-state index contributed by atoms with van der Waals surface area (Å²) in [4.78, 5) is 22.0. The predicted octanol–water partition coefficient (Wildman–Crippen LogP) is 0.847. The van der Waals surface area contributed by atoms with Crippen LogP contribution in [0.25, 0.3) is 0 Å². The van der Waals surface area contributed by atoms with Gasteiger partial charge in [0.25, 0.3) is 0 Å². The van der Waals surface area contributed by atoms with Gasteiger partial charge in [0.2, 0.25) is 0 Å². The highest BCUT2D eigenvalue weighted by atomic mass is 35.5. The van der Waals surface area contributed by atoms with Crippen molar-refractivity contribution < 1.29 is 19.1 Å². The fourth-order valence-electron chi connectivity index (χ4n) is 0.926. The Morgan fingerprint density at radius 3 is 2.44 bits per heavy atom. The first-order chi connectivity index (χ1) is 7.41. The Balaban J connectivity index is 4.95. The first-order valence-electron chi connectivity index (χ1n) is 4.15. The highest BCUT2D eigenvalue weighted by Gasteiger charge is 2.37. The molecule has 0 saturated heterocycles. The molecule has 2 amide bonds. The van der Waals surface area contributed by atoms with Crippen LogP contribution in [0.5, 0.6) is 0 Å². The number of ether oxygens (including phenoxy) is 2. The largest absolute Gasteiger partial charge is 0.452 e. The molecule has 0 aromatic carbocycles. The Morgan fingerprint density at radius 1 is 1.56 bits per heavy atom. The minimum Gasteiger partial charge on any atom is -0.452 e. The molecule has 16 heavy (non-hydrogen) atoms. The fourth-order valence-corrected chi connectivity index (χ4v) is 1.15. The molecule has 7 nitrogen and oxygen atoms in total. The van der Waals surface area contributed by atoms with Crippen molar-refractivity contribution in [3.63, 3.8) is 0 Å². The van der Waals surface area contributed by atoms with Gasteiger partial charge in [-0.15, -0.1) is 0 Å². The van der Waals surface area contributed by atoms with E-state index in [1.54, 1.807) is 0 Å². The molecule has 0 saturated carbocycles. The van der Waals surface area contributed by atoms with E-state index in [2.05, 4.69) is 4.74 Å². The maximum atomic E-state index is 11.1. The van der Waals surface area contributed by atoms with Gasteiger partial charge < -0.3 is 9.47 Å². The van der Waals surface area contributed by atoms with E-state index >= 15 is 0 Å². The number of rotatable bonds is 3. The molecule has 0 radical (unpaired) electrons. The molecule has 1 N–H and O–H groups in total. The smallest absolute Gasteiger partial charge is 0.426 e. The Kier molecular flexibility index (Phi) is 5.56. The van der Waals surface area contributed by atoms with Crippen LogP contribution in [-0.2, 0) is 9.47 Å². The molecule has 8 heteroatoms.